The van der Waals surface area contributed by atoms with Gasteiger partial charge in [-0.2, -0.15) is 13.2 Å². The van der Waals surface area contributed by atoms with E-state index in [9.17, 15) is 27.6 Å². The Bertz CT molecular complexity index is 741. The Morgan fingerprint density at radius 2 is 2.04 bits per heavy atom. The van der Waals surface area contributed by atoms with E-state index in [-0.39, 0.29) is 6.42 Å². The third kappa shape index (κ3) is 3.77. The van der Waals surface area contributed by atoms with Crippen molar-refractivity contribution in [3.63, 3.8) is 0 Å². The van der Waals surface area contributed by atoms with Crippen LogP contribution >= 0.6 is 11.6 Å². The van der Waals surface area contributed by atoms with Crippen LogP contribution < -0.4 is 10.6 Å². The molecule has 4 amide bonds. The Morgan fingerprint density at radius 3 is 2.58 bits per heavy atom. The van der Waals surface area contributed by atoms with Crippen molar-refractivity contribution in [1.82, 2.24) is 15.5 Å². The van der Waals surface area contributed by atoms with Crippen LogP contribution in [-0.2, 0) is 15.1 Å². The van der Waals surface area contributed by atoms with Gasteiger partial charge in [0.1, 0.15) is 18.1 Å². The second kappa shape index (κ2) is 7.14. The van der Waals surface area contributed by atoms with E-state index in [0.717, 1.165) is 0 Å². The summed E-state index contributed by atoms with van der Waals surface area (Å²) in [6.45, 7) is 1.30. The van der Waals surface area contributed by atoms with Gasteiger partial charge in [-0.15, -0.1) is 0 Å². The van der Waals surface area contributed by atoms with E-state index in [2.05, 4.69) is 5.32 Å². The molecule has 0 aliphatic carbocycles. The van der Waals surface area contributed by atoms with Gasteiger partial charge in [0.15, 0.2) is 0 Å². The molecule has 142 valence electrons. The predicted octanol–water partition coefficient (Wildman–Crippen LogP) is 2.56. The summed E-state index contributed by atoms with van der Waals surface area (Å²) in [5, 5.41) is 4.57. The zero-order valence-electron chi connectivity index (χ0n) is 14.0. The molecule has 1 aromatic rings. The van der Waals surface area contributed by atoms with E-state index in [0.29, 0.717) is 15.5 Å². The summed E-state index contributed by atoms with van der Waals surface area (Å²) < 4.78 is 36.8. The van der Waals surface area contributed by atoms with Crippen LogP contribution in [0, 0.1) is 0 Å². The van der Waals surface area contributed by atoms with Crippen LogP contribution in [0.2, 0.25) is 5.02 Å². The van der Waals surface area contributed by atoms with Gasteiger partial charge in [-0.3, -0.25) is 9.59 Å². The van der Waals surface area contributed by atoms with Gasteiger partial charge in [0.2, 0.25) is 5.91 Å². The van der Waals surface area contributed by atoms with Gasteiger partial charge in [0.05, 0.1) is 0 Å². The van der Waals surface area contributed by atoms with Gasteiger partial charge in [0, 0.05) is 5.02 Å². The number of rotatable bonds is 5. The minimum absolute atomic E-state index is 0.172. The second-order valence-corrected chi connectivity index (χ2v) is 6.32. The van der Waals surface area contributed by atoms with Gasteiger partial charge < -0.3 is 10.6 Å². The molecular formula is C16H17ClF3N3O3. The molecule has 1 fully saturated rings. The van der Waals surface area contributed by atoms with Crippen molar-refractivity contribution >= 4 is 29.4 Å². The van der Waals surface area contributed by atoms with Gasteiger partial charge >= 0.3 is 12.2 Å². The van der Waals surface area contributed by atoms with Crippen LogP contribution in [0.15, 0.2) is 24.3 Å². The topological polar surface area (TPSA) is 78.5 Å². The van der Waals surface area contributed by atoms with Crippen molar-refractivity contribution in [2.45, 2.75) is 38.0 Å². The molecule has 1 aliphatic rings. The predicted molar refractivity (Wildman–Crippen MR) is 87.3 cm³/mol. The molecule has 1 aliphatic heterocycles. The number of halogens is 4. The number of benzene rings is 1. The molecule has 2 atom stereocenters. The number of imide groups is 1. The molecule has 2 N–H and O–H groups in total. The molecule has 26 heavy (non-hydrogen) atoms. The van der Waals surface area contributed by atoms with Crippen LogP contribution in [0.25, 0.3) is 0 Å². The minimum Gasteiger partial charge on any atom is -0.345 e. The number of nitrogens with one attached hydrogen (secondary N) is 2. The van der Waals surface area contributed by atoms with Gasteiger partial charge in [-0.1, -0.05) is 30.7 Å². The first-order valence-corrected chi connectivity index (χ1v) is 8.16. The monoisotopic (exact) mass is 391 g/mol. The molecule has 1 heterocycles. The van der Waals surface area contributed by atoms with Gasteiger partial charge in [-0.25, -0.2) is 9.69 Å². The van der Waals surface area contributed by atoms with Crippen LogP contribution in [0.4, 0.5) is 18.0 Å². The normalized spacial score (nSPS) is 21.5. The highest BCUT2D eigenvalue weighted by Crippen LogP contribution is 2.34. The number of carbonyl (C=O) groups excluding carboxylic acids is 3. The minimum atomic E-state index is -4.60. The molecule has 0 radical (unpaired) electrons. The zero-order valence-corrected chi connectivity index (χ0v) is 14.7. The highest BCUT2D eigenvalue weighted by Gasteiger charge is 2.53. The lowest BCUT2D eigenvalue weighted by Gasteiger charge is -2.27. The molecule has 1 aromatic carbocycles. The zero-order chi connectivity index (χ0) is 19.7. The maximum absolute atomic E-state index is 12.9. The Kier molecular flexibility index (Phi) is 5.50. The first kappa shape index (κ1) is 20.0. The number of alkyl halides is 3. The summed E-state index contributed by atoms with van der Waals surface area (Å²) in [4.78, 5) is 37.8. The largest absolute Gasteiger partial charge is 0.405 e. The summed E-state index contributed by atoms with van der Waals surface area (Å²) in [6.07, 6.45) is -4.42. The number of urea groups is 1. The molecule has 2 rings (SSSR count). The summed E-state index contributed by atoms with van der Waals surface area (Å²) >= 11 is 5.95. The van der Waals surface area contributed by atoms with E-state index >= 15 is 0 Å². The molecule has 1 saturated heterocycles. The Hall–Kier alpha value is -2.29. The van der Waals surface area contributed by atoms with Crippen molar-refractivity contribution in [1.29, 1.82) is 0 Å². The van der Waals surface area contributed by atoms with Crippen LogP contribution in [0.5, 0.6) is 0 Å². The van der Waals surface area contributed by atoms with Gasteiger partial charge in [0.25, 0.3) is 5.91 Å². The second-order valence-electron chi connectivity index (χ2n) is 5.88. The summed E-state index contributed by atoms with van der Waals surface area (Å²) in [7, 11) is 0. The van der Waals surface area contributed by atoms with E-state index < -0.39 is 42.1 Å². The number of amides is 4. The highest BCUT2D eigenvalue weighted by atomic mass is 35.5. The first-order valence-electron chi connectivity index (χ1n) is 7.78. The quantitative estimate of drug-likeness (QED) is 0.757. The van der Waals surface area contributed by atoms with Crippen LogP contribution in [-0.4, -0.2) is 41.5 Å². The lowest BCUT2D eigenvalue weighted by atomic mass is 9.87. The average molecular weight is 392 g/mol. The van der Waals surface area contributed by atoms with Crippen molar-refractivity contribution < 1.29 is 27.6 Å². The lowest BCUT2D eigenvalue weighted by molar-refractivity contribution is -0.144. The van der Waals surface area contributed by atoms with E-state index in [1.165, 1.54) is 13.0 Å². The summed E-state index contributed by atoms with van der Waals surface area (Å²) in [5.41, 5.74) is -1.00. The summed E-state index contributed by atoms with van der Waals surface area (Å²) in [5.74, 6) is -1.80. The number of hydrogen-bond acceptors (Lipinski definition) is 3. The van der Waals surface area contributed by atoms with Crippen molar-refractivity contribution in [2.75, 3.05) is 6.54 Å². The van der Waals surface area contributed by atoms with E-state index in [4.69, 9.17) is 11.6 Å². The SMILES string of the molecule is CC[C@]1(c2cccc(Cl)c2)NC(=O)N([C@H](C)C(=O)NCC(F)(F)F)C1=O. The maximum Gasteiger partial charge on any atom is 0.405 e. The van der Waals surface area contributed by atoms with Crippen LogP contribution in [0.3, 0.4) is 0 Å². The fraction of sp³-hybridized carbons (Fsp3) is 0.438. The average Bonchev–Trinajstić information content (AvgIpc) is 2.82. The smallest absolute Gasteiger partial charge is 0.345 e. The van der Waals surface area contributed by atoms with E-state index in [1.807, 2.05) is 0 Å². The third-order valence-electron chi connectivity index (χ3n) is 4.20. The number of carbonyl (C=O) groups is 3. The molecule has 10 heteroatoms. The molecule has 0 aromatic heterocycles. The summed E-state index contributed by atoms with van der Waals surface area (Å²) in [6, 6.07) is 4.06. The van der Waals surface area contributed by atoms with Gasteiger partial charge in [-0.05, 0) is 31.0 Å². The Morgan fingerprint density at radius 1 is 1.38 bits per heavy atom. The lowest BCUT2D eigenvalue weighted by Crippen LogP contribution is -2.51. The van der Waals surface area contributed by atoms with Crippen molar-refractivity contribution in [3.05, 3.63) is 34.9 Å². The fourth-order valence-electron chi connectivity index (χ4n) is 2.79. The molecular weight excluding hydrogens is 375 g/mol. The first-order chi connectivity index (χ1) is 12.0. The highest BCUT2D eigenvalue weighted by molar-refractivity contribution is 6.30. The van der Waals surface area contributed by atoms with E-state index in [1.54, 1.807) is 30.4 Å². The maximum atomic E-state index is 12.9. The standard InChI is InChI=1S/C16H17ClF3N3O3/c1-3-15(10-5-4-6-11(17)7-10)13(25)23(14(26)22-15)9(2)12(24)21-8-16(18,19)20/h4-7,9H,3,8H2,1-2H3,(H,21,24)(H,22,26)/t9-,15-/m1/s1. The molecule has 0 saturated carbocycles. The molecule has 0 spiro atoms. The Balaban J connectivity index is 2.28. The number of nitrogens with zero attached hydrogens (tertiary/aromatic N) is 1. The third-order valence-corrected chi connectivity index (χ3v) is 4.44. The molecule has 0 bridgehead atoms. The van der Waals surface area contributed by atoms with Crippen molar-refractivity contribution in [3.8, 4) is 0 Å². The molecule has 0 unspecified atom stereocenters. The fourth-order valence-corrected chi connectivity index (χ4v) is 2.98. The Labute approximate surface area is 152 Å². The van der Waals surface area contributed by atoms with Crippen LogP contribution in [0.1, 0.15) is 25.8 Å². The number of hydrogen-bond donors (Lipinski definition) is 2. The molecule has 6 nitrogen and oxygen atoms in total. The van der Waals surface area contributed by atoms with Crippen molar-refractivity contribution in [2.24, 2.45) is 0 Å².